The summed E-state index contributed by atoms with van der Waals surface area (Å²) < 4.78 is 0. The highest BCUT2D eigenvalue weighted by Crippen LogP contribution is 2.44. The third-order valence-corrected chi connectivity index (χ3v) is 9.25. The SMILES string of the molecule is CCc1ccc(-c2ccc(-c3cccc(-c4cccc(-c5c6ccccc6c(-c6ccccc6)c6ccccc56)c4)c3)cc2)cc1. The van der Waals surface area contributed by atoms with Gasteiger partial charge in [-0.1, -0.05) is 171 Å². The van der Waals surface area contributed by atoms with Crippen LogP contribution in [-0.2, 0) is 6.42 Å². The van der Waals surface area contributed by atoms with Crippen molar-refractivity contribution in [2.45, 2.75) is 13.3 Å². The van der Waals surface area contributed by atoms with Crippen LogP contribution in [-0.4, -0.2) is 0 Å². The lowest BCUT2D eigenvalue weighted by Crippen LogP contribution is -1.91. The summed E-state index contributed by atoms with van der Waals surface area (Å²) in [5, 5.41) is 5.10. The Kier molecular flexibility index (Phi) is 7.25. The topological polar surface area (TPSA) is 0 Å². The molecule has 8 rings (SSSR count). The number of aryl methyl sites for hydroxylation is 1. The maximum atomic E-state index is 2.36. The molecule has 0 nitrogen and oxygen atoms in total. The van der Waals surface area contributed by atoms with E-state index in [1.54, 1.807) is 0 Å². The van der Waals surface area contributed by atoms with Gasteiger partial charge < -0.3 is 0 Å². The maximum absolute atomic E-state index is 2.36. The van der Waals surface area contributed by atoms with Crippen LogP contribution in [0.4, 0.5) is 0 Å². The summed E-state index contributed by atoms with van der Waals surface area (Å²) in [6, 6.07) is 64.3. The third kappa shape index (κ3) is 5.09. The van der Waals surface area contributed by atoms with Crippen molar-refractivity contribution in [2.24, 2.45) is 0 Å². The van der Waals surface area contributed by atoms with Crippen LogP contribution in [0.25, 0.3) is 77.2 Å². The van der Waals surface area contributed by atoms with Crippen molar-refractivity contribution in [2.75, 3.05) is 0 Å². The summed E-state index contributed by atoms with van der Waals surface area (Å²) in [4.78, 5) is 0. The molecule has 0 aliphatic rings. The highest BCUT2D eigenvalue weighted by atomic mass is 14.2. The van der Waals surface area contributed by atoms with Gasteiger partial charge in [-0.15, -0.1) is 0 Å². The fourth-order valence-electron chi connectivity index (χ4n) is 6.88. The van der Waals surface area contributed by atoms with Crippen LogP contribution in [0, 0.1) is 0 Å². The third-order valence-electron chi connectivity index (χ3n) is 9.25. The Labute approximate surface area is 271 Å². The summed E-state index contributed by atoms with van der Waals surface area (Å²) in [7, 11) is 0. The van der Waals surface area contributed by atoms with Crippen LogP contribution in [0.1, 0.15) is 12.5 Å². The Morgan fingerprint density at radius 2 is 0.630 bits per heavy atom. The molecule has 0 radical (unpaired) electrons. The van der Waals surface area contributed by atoms with Crippen molar-refractivity contribution >= 4 is 21.5 Å². The Hall–Kier alpha value is -5.72. The predicted molar refractivity (Wildman–Crippen MR) is 198 cm³/mol. The minimum Gasteiger partial charge on any atom is -0.0622 e. The highest BCUT2D eigenvalue weighted by Gasteiger charge is 2.16. The van der Waals surface area contributed by atoms with Gasteiger partial charge in [-0.2, -0.15) is 0 Å². The lowest BCUT2D eigenvalue weighted by Gasteiger charge is -2.18. The van der Waals surface area contributed by atoms with Crippen molar-refractivity contribution in [3.8, 4) is 55.6 Å². The molecule has 0 saturated heterocycles. The molecule has 0 atom stereocenters. The molecule has 0 heterocycles. The van der Waals surface area contributed by atoms with Crippen LogP contribution in [0.5, 0.6) is 0 Å². The first-order valence-corrected chi connectivity index (χ1v) is 16.2. The molecular formula is C46H34. The average Bonchev–Trinajstić information content (AvgIpc) is 3.14. The summed E-state index contributed by atoms with van der Waals surface area (Å²) in [5.41, 5.74) is 13.8. The largest absolute Gasteiger partial charge is 0.0622 e. The van der Waals surface area contributed by atoms with Gasteiger partial charge in [0.2, 0.25) is 0 Å². The Balaban J connectivity index is 1.21. The minimum absolute atomic E-state index is 1.06. The molecular weight excluding hydrogens is 553 g/mol. The fourth-order valence-corrected chi connectivity index (χ4v) is 6.88. The van der Waals surface area contributed by atoms with Gasteiger partial charge in [0.25, 0.3) is 0 Å². The molecule has 0 saturated carbocycles. The smallest absolute Gasteiger partial charge is 0.00262 e. The van der Waals surface area contributed by atoms with Gasteiger partial charge in [0.05, 0.1) is 0 Å². The zero-order valence-electron chi connectivity index (χ0n) is 26.0. The van der Waals surface area contributed by atoms with E-state index in [4.69, 9.17) is 0 Å². The van der Waals surface area contributed by atoms with Gasteiger partial charge in [-0.05, 0) is 101 Å². The second-order valence-electron chi connectivity index (χ2n) is 12.0. The number of fused-ring (bicyclic) bond motifs is 2. The Morgan fingerprint density at radius 1 is 0.283 bits per heavy atom. The van der Waals surface area contributed by atoms with Crippen LogP contribution >= 0.6 is 0 Å². The average molecular weight is 587 g/mol. The number of rotatable bonds is 6. The molecule has 218 valence electrons. The predicted octanol–water partition coefficient (Wildman–Crippen LogP) is 12.9. The molecule has 0 heteroatoms. The number of hydrogen-bond donors (Lipinski definition) is 0. The molecule has 0 amide bonds. The number of benzene rings is 8. The van der Waals surface area contributed by atoms with Gasteiger partial charge in [0.1, 0.15) is 0 Å². The van der Waals surface area contributed by atoms with Crippen molar-refractivity contribution in [1.82, 2.24) is 0 Å². The van der Waals surface area contributed by atoms with E-state index in [1.165, 1.54) is 82.7 Å². The first kappa shape index (κ1) is 27.8. The van der Waals surface area contributed by atoms with Crippen molar-refractivity contribution in [3.63, 3.8) is 0 Å². The van der Waals surface area contributed by atoms with Crippen LogP contribution in [0.15, 0.2) is 176 Å². The molecule has 0 aliphatic carbocycles. The molecule has 0 aromatic heterocycles. The zero-order valence-corrected chi connectivity index (χ0v) is 26.0. The van der Waals surface area contributed by atoms with Gasteiger partial charge in [0, 0.05) is 0 Å². The summed E-state index contributed by atoms with van der Waals surface area (Å²) >= 11 is 0. The standard InChI is InChI=1S/C46H34/c1-2-32-22-24-33(25-23-32)34-26-28-35(29-27-34)37-14-10-15-38(30-37)39-16-11-17-40(31-39)46-43-20-8-6-18-41(43)45(36-12-4-3-5-13-36)42-19-7-9-21-44(42)46/h3-31H,2H2,1H3. The zero-order chi connectivity index (χ0) is 30.9. The second-order valence-corrected chi connectivity index (χ2v) is 12.0. The van der Waals surface area contributed by atoms with Crippen molar-refractivity contribution in [3.05, 3.63) is 181 Å². The summed E-state index contributed by atoms with van der Waals surface area (Å²) in [6.45, 7) is 2.20. The lowest BCUT2D eigenvalue weighted by molar-refractivity contribution is 1.14. The van der Waals surface area contributed by atoms with E-state index in [0.29, 0.717) is 0 Å². The molecule has 8 aromatic carbocycles. The van der Waals surface area contributed by atoms with Crippen molar-refractivity contribution < 1.29 is 0 Å². The molecule has 0 fully saturated rings. The maximum Gasteiger partial charge on any atom is -0.00262 e. The Morgan fingerprint density at radius 3 is 1.13 bits per heavy atom. The summed E-state index contributed by atoms with van der Waals surface area (Å²) in [5.74, 6) is 0. The lowest BCUT2D eigenvalue weighted by atomic mass is 9.85. The normalized spacial score (nSPS) is 11.2. The van der Waals surface area contributed by atoms with Gasteiger partial charge in [0.15, 0.2) is 0 Å². The fraction of sp³-hybridized carbons (Fsp3) is 0.0435. The molecule has 0 spiro atoms. The van der Waals surface area contributed by atoms with E-state index >= 15 is 0 Å². The van der Waals surface area contributed by atoms with E-state index in [9.17, 15) is 0 Å². The first-order chi connectivity index (χ1) is 22.8. The van der Waals surface area contributed by atoms with E-state index in [0.717, 1.165) is 6.42 Å². The molecule has 8 aromatic rings. The molecule has 0 bridgehead atoms. The van der Waals surface area contributed by atoms with Gasteiger partial charge >= 0.3 is 0 Å². The molecule has 0 unspecified atom stereocenters. The van der Waals surface area contributed by atoms with E-state index in [-0.39, 0.29) is 0 Å². The van der Waals surface area contributed by atoms with Crippen LogP contribution in [0.3, 0.4) is 0 Å². The van der Waals surface area contributed by atoms with Gasteiger partial charge in [-0.3, -0.25) is 0 Å². The van der Waals surface area contributed by atoms with E-state index in [2.05, 4.69) is 183 Å². The van der Waals surface area contributed by atoms with E-state index in [1.807, 2.05) is 0 Å². The van der Waals surface area contributed by atoms with Crippen LogP contribution < -0.4 is 0 Å². The second kappa shape index (κ2) is 12.0. The van der Waals surface area contributed by atoms with Crippen molar-refractivity contribution in [1.29, 1.82) is 0 Å². The number of hydrogen-bond acceptors (Lipinski definition) is 0. The van der Waals surface area contributed by atoms with Gasteiger partial charge in [-0.25, -0.2) is 0 Å². The summed E-state index contributed by atoms with van der Waals surface area (Å²) in [6.07, 6.45) is 1.06. The minimum atomic E-state index is 1.06. The molecule has 46 heavy (non-hydrogen) atoms. The first-order valence-electron chi connectivity index (χ1n) is 16.2. The van der Waals surface area contributed by atoms with E-state index < -0.39 is 0 Å². The molecule has 0 N–H and O–H groups in total. The molecule has 0 aliphatic heterocycles. The monoisotopic (exact) mass is 586 g/mol. The van der Waals surface area contributed by atoms with Crippen LogP contribution in [0.2, 0.25) is 0 Å². The highest BCUT2D eigenvalue weighted by molar-refractivity contribution is 6.21. The quantitative estimate of drug-likeness (QED) is 0.170. The Bertz CT molecular complexity index is 2250.